The van der Waals surface area contributed by atoms with Gasteiger partial charge in [-0.2, -0.15) is 0 Å². The monoisotopic (exact) mass is 412 g/mol. The first-order chi connectivity index (χ1) is 13.5. The molecule has 5 heteroatoms. The van der Waals surface area contributed by atoms with E-state index >= 15 is 0 Å². The molecule has 0 bridgehead atoms. The van der Waals surface area contributed by atoms with E-state index in [2.05, 4.69) is 13.8 Å². The summed E-state index contributed by atoms with van der Waals surface area (Å²) >= 11 is 6.45. The molecule has 0 heterocycles. The van der Waals surface area contributed by atoms with Gasteiger partial charge in [-0.15, -0.1) is 0 Å². The lowest BCUT2D eigenvalue weighted by atomic mass is 9.95. The quantitative estimate of drug-likeness (QED) is 0.174. The van der Waals surface area contributed by atoms with Gasteiger partial charge in [-0.25, -0.2) is 4.79 Å². The number of carbonyl (C=O) groups is 1. The zero-order valence-electron chi connectivity index (χ0n) is 17.6. The second kappa shape index (κ2) is 14.6. The van der Waals surface area contributed by atoms with Gasteiger partial charge in [0.05, 0.1) is 0 Å². The third kappa shape index (κ3) is 9.18. The molecule has 0 aliphatic rings. The maximum atomic E-state index is 10.9. The number of phenolic OH excluding ortho intramolecular Hbond substituents is 1. The Hall–Kier alpha value is -1.42. The van der Waals surface area contributed by atoms with Crippen LogP contribution >= 0.6 is 11.6 Å². The van der Waals surface area contributed by atoms with Crippen LogP contribution in [0.1, 0.15) is 102 Å². The molecule has 0 aromatic heterocycles. The molecule has 0 saturated carbocycles. The van der Waals surface area contributed by atoms with Crippen LogP contribution in [0.25, 0.3) is 0 Å². The average Bonchev–Trinajstić information content (AvgIpc) is 2.65. The maximum absolute atomic E-state index is 10.9. The van der Waals surface area contributed by atoms with Crippen LogP contribution in [0.4, 0.5) is 4.79 Å². The Morgan fingerprint density at radius 3 is 1.82 bits per heavy atom. The zero-order valence-corrected chi connectivity index (χ0v) is 18.3. The van der Waals surface area contributed by atoms with E-state index in [0.717, 1.165) is 43.2 Å². The van der Waals surface area contributed by atoms with Crippen LogP contribution in [0.5, 0.6) is 11.5 Å². The Kier molecular flexibility index (Phi) is 12.8. The first kappa shape index (κ1) is 24.6. The molecule has 28 heavy (non-hydrogen) atoms. The first-order valence-corrected chi connectivity index (χ1v) is 11.3. The highest BCUT2D eigenvalue weighted by molar-refractivity contribution is 6.31. The lowest BCUT2D eigenvalue weighted by molar-refractivity contribution is 0.143. The summed E-state index contributed by atoms with van der Waals surface area (Å²) in [4.78, 5) is 10.9. The van der Waals surface area contributed by atoms with Crippen molar-refractivity contribution in [2.45, 2.75) is 104 Å². The van der Waals surface area contributed by atoms with E-state index in [4.69, 9.17) is 21.4 Å². The van der Waals surface area contributed by atoms with Crippen LogP contribution in [-0.2, 0) is 12.8 Å². The molecule has 1 aromatic carbocycles. The Labute approximate surface area is 175 Å². The molecule has 0 saturated heterocycles. The topological polar surface area (TPSA) is 66.8 Å². The second-order valence-corrected chi connectivity index (χ2v) is 7.97. The lowest BCUT2D eigenvalue weighted by Gasteiger charge is -2.16. The van der Waals surface area contributed by atoms with Gasteiger partial charge < -0.3 is 14.9 Å². The van der Waals surface area contributed by atoms with Gasteiger partial charge in [0, 0.05) is 16.7 Å². The summed E-state index contributed by atoms with van der Waals surface area (Å²) in [5.74, 6) is -0.133. The van der Waals surface area contributed by atoms with Crippen LogP contribution < -0.4 is 4.74 Å². The van der Waals surface area contributed by atoms with Crippen LogP contribution in [0.2, 0.25) is 5.02 Å². The Morgan fingerprint density at radius 2 is 1.32 bits per heavy atom. The number of hydrogen-bond acceptors (Lipinski definition) is 3. The summed E-state index contributed by atoms with van der Waals surface area (Å²) in [6.07, 6.45) is 14.1. The first-order valence-electron chi connectivity index (χ1n) is 10.9. The SMILES string of the molecule is CCCCCCCCc1c(Cl)cc(OC(=O)O)c(O)c1CCCCCCCC. The van der Waals surface area contributed by atoms with E-state index in [0.29, 0.717) is 11.4 Å². The standard InChI is InChI=1S/C23H37ClO4/c1-3-5-7-9-11-13-15-18-19(16-14-12-10-8-6-4-2)22(25)21(17-20(18)24)28-23(26)27/h17,25H,3-16H2,1-2H3,(H,26,27). The molecule has 0 unspecified atom stereocenters. The van der Waals surface area contributed by atoms with Gasteiger partial charge in [-0.3, -0.25) is 0 Å². The fourth-order valence-corrected chi connectivity index (χ4v) is 3.89. The molecule has 160 valence electrons. The summed E-state index contributed by atoms with van der Waals surface area (Å²) in [6, 6.07) is 1.43. The number of rotatable bonds is 15. The molecule has 0 aliphatic heterocycles. The largest absolute Gasteiger partial charge is 0.511 e. The van der Waals surface area contributed by atoms with Crippen molar-refractivity contribution in [2.75, 3.05) is 0 Å². The molecule has 1 aromatic rings. The van der Waals surface area contributed by atoms with Crippen LogP contribution in [0.15, 0.2) is 6.07 Å². The number of unbranched alkanes of at least 4 members (excludes halogenated alkanes) is 10. The number of halogens is 1. The van der Waals surface area contributed by atoms with E-state index in [-0.39, 0.29) is 11.5 Å². The van der Waals surface area contributed by atoms with Crippen molar-refractivity contribution in [1.82, 2.24) is 0 Å². The third-order valence-electron chi connectivity index (χ3n) is 5.19. The smallest absolute Gasteiger partial charge is 0.504 e. The number of benzene rings is 1. The fraction of sp³-hybridized carbons (Fsp3) is 0.696. The Morgan fingerprint density at radius 1 is 0.857 bits per heavy atom. The average molecular weight is 413 g/mol. The van der Waals surface area contributed by atoms with Gasteiger partial charge >= 0.3 is 6.16 Å². The molecular formula is C23H37ClO4. The molecular weight excluding hydrogens is 376 g/mol. The molecule has 0 fully saturated rings. The predicted molar refractivity (Wildman–Crippen MR) is 116 cm³/mol. The summed E-state index contributed by atoms with van der Waals surface area (Å²) in [5, 5.41) is 20.0. The molecule has 0 amide bonds. The van der Waals surface area contributed by atoms with E-state index in [1.165, 1.54) is 57.4 Å². The minimum Gasteiger partial charge on any atom is -0.504 e. The van der Waals surface area contributed by atoms with Crippen molar-refractivity contribution < 1.29 is 19.7 Å². The summed E-state index contributed by atoms with van der Waals surface area (Å²) in [6.45, 7) is 4.40. The molecule has 4 nitrogen and oxygen atoms in total. The highest BCUT2D eigenvalue weighted by atomic mass is 35.5. The summed E-state index contributed by atoms with van der Waals surface area (Å²) in [5.41, 5.74) is 1.70. The molecule has 2 N–H and O–H groups in total. The molecule has 0 radical (unpaired) electrons. The van der Waals surface area contributed by atoms with Crippen molar-refractivity contribution >= 4 is 17.8 Å². The van der Waals surface area contributed by atoms with Gasteiger partial charge in [0.2, 0.25) is 0 Å². The normalized spacial score (nSPS) is 11.0. The van der Waals surface area contributed by atoms with E-state index in [1.807, 2.05) is 0 Å². The van der Waals surface area contributed by atoms with Crippen LogP contribution in [0.3, 0.4) is 0 Å². The minimum atomic E-state index is -1.44. The van der Waals surface area contributed by atoms with E-state index in [1.54, 1.807) is 0 Å². The van der Waals surface area contributed by atoms with Crippen molar-refractivity contribution in [3.8, 4) is 11.5 Å². The summed E-state index contributed by atoms with van der Waals surface area (Å²) in [7, 11) is 0. The second-order valence-electron chi connectivity index (χ2n) is 7.57. The van der Waals surface area contributed by atoms with Crippen LogP contribution in [0, 0.1) is 0 Å². The predicted octanol–water partition coefficient (Wildman–Crippen LogP) is 7.91. The highest BCUT2D eigenvalue weighted by Gasteiger charge is 2.19. The molecule has 0 spiro atoms. The van der Waals surface area contributed by atoms with Crippen molar-refractivity contribution in [3.05, 3.63) is 22.2 Å². The van der Waals surface area contributed by atoms with Crippen molar-refractivity contribution in [1.29, 1.82) is 0 Å². The zero-order chi connectivity index (χ0) is 20.8. The van der Waals surface area contributed by atoms with Crippen molar-refractivity contribution in [2.24, 2.45) is 0 Å². The van der Waals surface area contributed by atoms with Gasteiger partial charge in [0.1, 0.15) is 0 Å². The van der Waals surface area contributed by atoms with Gasteiger partial charge in [-0.1, -0.05) is 89.7 Å². The number of ether oxygens (including phenoxy) is 1. The van der Waals surface area contributed by atoms with Gasteiger partial charge in [-0.05, 0) is 31.2 Å². The van der Waals surface area contributed by atoms with Gasteiger partial charge in [0.15, 0.2) is 11.5 Å². The number of carboxylic acid groups (broad SMARTS) is 1. The minimum absolute atomic E-state index is 0.0646. The summed E-state index contributed by atoms with van der Waals surface area (Å²) < 4.78 is 4.73. The Balaban J connectivity index is 2.79. The molecule has 0 atom stereocenters. The third-order valence-corrected chi connectivity index (χ3v) is 5.52. The maximum Gasteiger partial charge on any atom is 0.511 e. The van der Waals surface area contributed by atoms with Gasteiger partial charge in [0.25, 0.3) is 0 Å². The Bertz CT molecular complexity index is 586. The molecule has 1 rings (SSSR count). The lowest BCUT2D eigenvalue weighted by Crippen LogP contribution is -2.06. The van der Waals surface area contributed by atoms with E-state index in [9.17, 15) is 9.90 Å². The fourth-order valence-electron chi connectivity index (χ4n) is 3.58. The highest BCUT2D eigenvalue weighted by Crippen LogP contribution is 2.39. The van der Waals surface area contributed by atoms with E-state index < -0.39 is 6.16 Å². The molecule has 0 aliphatic carbocycles. The number of hydrogen-bond donors (Lipinski definition) is 2. The van der Waals surface area contributed by atoms with Crippen molar-refractivity contribution in [3.63, 3.8) is 0 Å². The van der Waals surface area contributed by atoms with Crippen LogP contribution in [-0.4, -0.2) is 16.4 Å². The number of aromatic hydroxyl groups is 1. The number of phenols is 1.